The molecule has 1 fully saturated rings. The maximum Gasteiger partial charge on any atom is 0.0700 e. The predicted molar refractivity (Wildman–Crippen MR) is 62.1 cm³/mol. The van der Waals surface area contributed by atoms with E-state index in [0.29, 0.717) is 6.61 Å². The zero-order valence-electron chi connectivity index (χ0n) is 10.4. The van der Waals surface area contributed by atoms with Gasteiger partial charge in [-0.05, 0) is 24.8 Å². The normalized spacial score (nSPS) is 22.8. The first-order chi connectivity index (χ1) is 7.24. The Kier molecular flexibility index (Phi) is 6.22. The second kappa shape index (κ2) is 7.20. The fraction of sp³-hybridized carbons (Fsp3) is 1.00. The van der Waals surface area contributed by atoms with Gasteiger partial charge in [-0.25, -0.2) is 0 Å². The predicted octanol–water partition coefficient (Wildman–Crippen LogP) is 1.63. The van der Waals surface area contributed by atoms with E-state index < -0.39 is 0 Å². The van der Waals surface area contributed by atoms with Crippen LogP contribution in [0.25, 0.3) is 0 Å². The third-order valence-corrected chi connectivity index (χ3v) is 3.24. The molecule has 0 spiro atoms. The highest BCUT2D eigenvalue weighted by Gasteiger charge is 2.24. The molecule has 1 aliphatic heterocycles. The molecule has 3 nitrogen and oxygen atoms in total. The van der Waals surface area contributed by atoms with Gasteiger partial charge in [0.1, 0.15) is 0 Å². The Labute approximate surface area is 93.7 Å². The maximum atomic E-state index is 5.47. The van der Waals surface area contributed by atoms with Crippen LogP contribution in [-0.4, -0.2) is 51.5 Å². The smallest absolute Gasteiger partial charge is 0.0700 e. The van der Waals surface area contributed by atoms with E-state index >= 15 is 0 Å². The zero-order chi connectivity index (χ0) is 11.1. The summed E-state index contributed by atoms with van der Waals surface area (Å²) >= 11 is 0. The first-order valence-corrected chi connectivity index (χ1v) is 6.03. The van der Waals surface area contributed by atoms with Crippen molar-refractivity contribution in [3.8, 4) is 0 Å². The monoisotopic (exact) mass is 215 g/mol. The largest absolute Gasteiger partial charge is 0.382 e. The summed E-state index contributed by atoms with van der Waals surface area (Å²) in [5.74, 6) is 1.72. The summed E-state index contributed by atoms with van der Waals surface area (Å²) in [4.78, 5) is 2.51. The molecule has 1 saturated heterocycles. The van der Waals surface area contributed by atoms with Crippen LogP contribution in [0.4, 0.5) is 0 Å². The zero-order valence-corrected chi connectivity index (χ0v) is 10.4. The average molecular weight is 215 g/mol. The Hall–Kier alpha value is -0.120. The summed E-state index contributed by atoms with van der Waals surface area (Å²) in [6.07, 6.45) is 1.36. The third kappa shape index (κ3) is 4.96. The van der Waals surface area contributed by atoms with Gasteiger partial charge in [-0.2, -0.15) is 0 Å². The number of hydrogen-bond donors (Lipinski definition) is 0. The number of rotatable bonds is 7. The summed E-state index contributed by atoms with van der Waals surface area (Å²) in [6, 6.07) is 0. The number of likely N-dealkylation sites (tertiary alicyclic amines) is 1. The molecule has 0 N–H and O–H groups in total. The van der Waals surface area contributed by atoms with Gasteiger partial charge in [0.05, 0.1) is 19.8 Å². The molecule has 0 saturated carbocycles. The topological polar surface area (TPSA) is 21.7 Å². The molecule has 90 valence electrons. The molecular weight excluding hydrogens is 190 g/mol. The number of hydrogen-bond acceptors (Lipinski definition) is 3. The quantitative estimate of drug-likeness (QED) is 0.602. The number of ether oxygens (including phenoxy) is 2. The van der Waals surface area contributed by atoms with Crippen molar-refractivity contribution in [3.05, 3.63) is 0 Å². The molecule has 1 rings (SSSR count). The van der Waals surface area contributed by atoms with Crippen LogP contribution in [0.3, 0.4) is 0 Å². The van der Waals surface area contributed by atoms with Crippen molar-refractivity contribution >= 4 is 0 Å². The summed E-state index contributed by atoms with van der Waals surface area (Å²) in [5.41, 5.74) is 0. The van der Waals surface area contributed by atoms with Crippen LogP contribution in [0, 0.1) is 11.8 Å². The van der Waals surface area contributed by atoms with Crippen LogP contribution in [-0.2, 0) is 9.47 Å². The van der Waals surface area contributed by atoms with Crippen LogP contribution in [0.2, 0.25) is 0 Å². The van der Waals surface area contributed by atoms with Crippen molar-refractivity contribution in [2.45, 2.75) is 20.3 Å². The Morgan fingerprint density at radius 2 is 2.07 bits per heavy atom. The Balaban J connectivity index is 1.99. The Morgan fingerprint density at radius 1 is 1.27 bits per heavy atom. The average Bonchev–Trinajstić information content (AvgIpc) is 2.66. The summed E-state index contributed by atoms with van der Waals surface area (Å²) in [5, 5.41) is 0. The van der Waals surface area contributed by atoms with Gasteiger partial charge in [-0.3, -0.25) is 0 Å². The Morgan fingerprint density at radius 3 is 2.67 bits per heavy atom. The minimum absolute atomic E-state index is 0.703. The summed E-state index contributed by atoms with van der Waals surface area (Å²) < 4.78 is 10.4. The lowest BCUT2D eigenvalue weighted by Gasteiger charge is -2.17. The van der Waals surface area contributed by atoms with Gasteiger partial charge in [0.25, 0.3) is 0 Å². The van der Waals surface area contributed by atoms with E-state index in [9.17, 15) is 0 Å². The first-order valence-electron chi connectivity index (χ1n) is 6.03. The second-order valence-corrected chi connectivity index (χ2v) is 4.70. The van der Waals surface area contributed by atoms with Crippen LogP contribution >= 0.6 is 0 Å². The van der Waals surface area contributed by atoms with Crippen LogP contribution in [0.15, 0.2) is 0 Å². The van der Waals surface area contributed by atoms with Crippen molar-refractivity contribution in [2.75, 3.05) is 46.6 Å². The highest BCUT2D eigenvalue weighted by Crippen LogP contribution is 2.22. The van der Waals surface area contributed by atoms with Gasteiger partial charge in [0.2, 0.25) is 0 Å². The highest BCUT2D eigenvalue weighted by atomic mass is 16.5. The molecule has 0 radical (unpaired) electrons. The lowest BCUT2D eigenvalue weighted by atomic mass is 9.95. The molecule has 1 atom stereocenters. The first kappa shape index (κ1) is 12.9. The molecule has 3 heteroatoms. The Bertz CT molecular complexity index is 162. The number of methoxy groups -OCH3 is 1. The van der Waals surface area contributed by atoms with Gasteiger partial charge >= 0.3 is 0 Å². The van der Waals surface area contributed by atoms with Crippen molar-refractivity contribution in [3.63, 3.8) is 0 Å². The van der Waals surface area contributed by atoms with Gasteiger partial charge in [-0.15, -0.1) is 0 Å². The molecule has 0 bridgehead atoms. The van der Waals surface area contributed by atoms with Crippen LogP contribution < -0.4 is 0 Å². The van der Waals surface area contributed by atoms with Crippen molar-refractivity contribution in [1.29, 1.82) is 0 Å². The summed E-state index contributed by atoms with van der Waals surface area (Å²) in [7, 11) is 1.71. The highest BCUT2D eigenvalue weighted by molar-refractivity contribution is 4.77. The van der Waals surface area contributed by atoms with Gasteiger partial charge < -0.3 is 14.4 Å². The van der Waals surface area contributed by atoms with E-state index in [1.807, 2.05) is 0 Å². The molecule has 0 aromatic carbocycles. The molecule has 1 aliphatic rings. The van der Waals surface area contributed by atoms with Crippen molar-refractivity contribution in [1.82, 2.24) is 4.90 Å². The molecule has 0 aromatic heterocycles. The third-order valence-electron chi connectivity index (χ3n) is 3.24. The number of nitrogens with zero attached hydrogens (tertiary/aromatic N) is 1. The fourth-order valence-corrected chi connectivity index (χ4v) is 2.05. The summed E-state index contributed by atoms with van der Waals surface area (Å²) in [6.45, 7) is 10.5. The van der Waals surface area contributed by atoms with E-state index in [4.69, 9.17) is 9.47 Å². The minimum Gasteiger partial charge on any atom is -0.382 e. The van der Waals surface area contributed by atoms with Gasteiger partial charge in [0, 0.05) is 20.2 Å². The van der Waals surface area contributed by atoms with Gasteiger partial charge in [-0.1, -0.05) is 13.8 Å². The SMILES string of the molecule is COCCOCCN1CC[C@@H](C(C)C)C1. The lowest BCUT2D eigenvalue weighted by Crippen LogP contribution is -2.26. The molecular formula is C12H25NO2. The molecule has 0 amide bonds. The van der Waals surface area contributed by atoms with Gasteiger partial charge in [0.15, 0.2) is 0 Å². The second-order valence-electron chi connectivity index (χ2n) is 4.70. The van der Waals surface area contributed by atoms with Crippen LogP contribution in [0.5, 0.6) is 0 Å². The molecule has 0 aliphatic carbocycles. The van der Waals surface area contributed by atoms with E-state index in [-0.39, 0.29) is 0 Å². The van der Waals surface area contributed by atoms with E-state index in [0.717, 1.165) is 31.6 Å². The van der Waals surface area contributed by atoms with E-state index in [1.54, 1.807) is 7.11 Å². The molecule has 1 heterocycles. The maximum absolute atomic E-state index is 5.47. The molecule has 0 unspecified atom stereocenters. The fourth-order valence-electron chi connectivity index (χ4n) is 2.05. The lowest BCUT2D eigenvalue weighted by molar-refractivity contribution is 0.0596. The van der Waals surface area contributed by atoms with E-state index in [2.05, 4.69) is 18.7 Å². The van der Waals surface area contributed by atoms with E-state index in [1.165, 1.54) is 19.5 Å². The molecule has 0 aromatic rings. The van der Waals surface area contributed by atoms with Crippen molar-refractivity contribution in [2.24, 2.45) is 11.8 Å². The van der Waals surface area contributed by atoms with Crippen LogP contribution in [0.1, 0.15) is 20.3 Å². The minimum atomic E-state index is 0.703. The standard InChI is InChI=1S/C12H25NO2/c1-11(2)12-4-5-13(10-12)6-7-15-9-8-14-3/h11-12H,4-10H2,1-3H3/t12-/m1/s1. The van der Waals surface area contributed by atoms with Crippen molar-refractivity contribution < 1.29 is 9.47 Å². The molecule has 15 heavy (non-hydrogen) atoms.